The fourth-order valence-electron chi connectivity index (χ4n) is 2.99. The van der Waals surface area contributed by atoms with Crippen molar-refractivity contribution in [2.24, 2.45) is 5.16 Å². The number of esters is 1. The Morgan fingerprint density at radius 1 is 1.42 bits per heavy atom. The van der Waals surface area contributed by atoms with Gasteiger partial charge in [0.1, 0.15) is 18.5 Å². The Kier molecular flexibility index (Phi) is 5.36. The average Bonchev–Trinajstić information content (AvgIpc) is 2.75. The number of nitrogens with zero attached hydrogens (tertiary/aromatic N) is 2. The van der Waals surface area contributed by atoms with Crippen LogP contribution in [0.3, 0.4) is 0 Å². The zero-order valence-electron chi connectivity index (χ0n) is 14.8. The first-order valence-corrected chi connectivity index (χ1v) is 9.17. The van der Waals surface area contributed by atoms with Crippen molar-refractivity contribution >= 4 is 45.7 Å². The highest BCUT2D eigenvalue weighted by molar-refractivity contribution is 8.16. The van der Waals surface area contributed by atoms with Crippen molar-refractivity contribution in [2.45, 2.75) is 36.9 Å². The quantitative estimate of drug-likeness (QED) is 0.132. The lowest BCUT2D eigenvalue weighted by Gasteiger charge is -2.39. The van der Waals surface area contributed by atoms with Gasteiger partial charge in [0.05, 0.1) is 12.2 Å². The standard InChI is InChI=1S/C16H20N2O7S/c1-6-25-15(23)10(17-24-4)9(19)7-8-12(20)18-11(14(21)22)16(2,3)26(5)13(8)18/h7,11,13H,5-6H2,1-4H3,(H,21,22)/t11-,13+,26?/m0/s1. The largest absolute Gasteiger partial charge is 0.480 e. The maximum absolute atomic E-state index is 12.4. The van der Waals surface area contributed by atoms with Crippen LogP contribution >= 0.6 is 10.5 Å². The van der Waals surface area contributed by atoms with Gasteiger partial charge in [0, 0.05) is 4.75 Å². The molecule has 0 radical (unpaired) electrons. The number of rotatable bonds is 6. The number of carbonyl (C=O) groups excluding carboxylic acids is 3. The number of ether oxygens (including phenoxy) is 1. The van der Waals surface area contributed by atoms with Crippen molar-refractivity contribution in [1.29, 1.82) is 0 Å². The third-order valence-corrected chi connectivity index (χ3v) is 6.88. The number of carboxylic acids is 1. The van der Waals surface area contributed by atoms with Crippen LogP contribution in [-0.4, -0.2) is 75.1 Å². The van der Waals surface area contributed by atoms with Gasteiger partial charge in [0.2, 0.25) is 11.5 Å². The molecule has 0 saturated carbocycles. The van der Waals surface area contributed by atoms with Crippen molar-refractivity contribution in [2.75, 3.05) is 13.7 Å². The molecule has 2 heterocycles. The molecule has 2 saturated heterocycles. The van der Waals surface area contributed by atoms with E-state index in [0.717, 1.165) is 6.08 Å². The maximum atomic E-state index is 12.4. The van der Waals surface area contributed by atoms with Gasteiger partial charge in [-0.25, -0.2) is 9.59 Å². The Morgan fingerprint density at radius 3 is 2.54 bits per heavy atom. The Morgan fingerprint density at radius 2 is 2.04 bits per heavy atom. The Balaban J connectivity index is 2.36. The van der Waals surface area contributed by atoms with Crippen LogP contribution in [0.2, 0.25) is 0 Å². The minimum atomic E-state index is -1.12. The van der Waals surface area contributed by atoms with Crippen molar-refractivity contribution in [3.05, 3.63) is 11.6 Å². The highest BCUT2D eigenvalue weighted by Gasteiger charge is 2.62. The van der Waals surface area contributed by atoms with E-state index < -0.39 is 56.0 Å². The Hall–Kier alpha value is -2.49. The Labute approximate surface area is 152 Å². The third-order valence-electron chi connectivity index (χ3n) is 4.29. The van der Waals surface area contributed by atoms with Gasteiger partial charge in [-0.2, -0.15) is 10.5 Å². The molecule has 26 heavy (non-hydrogen) atoms. The molecule has 0 aromatic heterocycles. The number of hydrogen-bond acceptors (Lipinski definition) is 7. The molecule has 1 unspecified atom stereocenters. The van der Waals surface area contributed by atoms with E-state index in [0.29, 0.717) is 0 Å². The van der Waals surface area contributed by atoms with Crippen molar-refractivity contribution in [1.82, 2.24) is 4.90 Å². The van der Waals surface area contributed by atoms with Gasteiger partial charge in [-0.1, -0.05) is 11.0 Å². The number of β-lactam (4-membered cyclic amide) rings is 1. The molecule has 9 nitrogen and oxygen atoms in total. The molecular formula is C16H20N2O7S. The van der Waals surface area contributed by atoms with Crippen molar-refractivity contribution in [3.8, 4) is 0 Å². The van der Waals surface area contributed by atoms with Gasteiger partial charge in [0.15, 0.2) is 0 Å². The van der Waals surface area contributed by atoms with Gasteiger partial charge < -0.3 is 19.6 Å². The number of carboxylic acid groups (broad SMARTS) is 1. The van der Waals surface area contributed by atoms with Crippen molar-refractivity contribution in [3.63, 3.8) is 0 Å². The molecule has 2 rings (SSSR count). The fourth-order valence-corrected chi connectivity index (χ4v) is 5.03. The van der Waals surface area contributed by atoms with Gasteiger partial charge in [0.25, 0.3) is 5.91 Å². The summed E-state index contributed by atoms with van der Waals surface area (Å²) in [6, 6.07) is -1.02. The molecule has 0 aromatic carbocycles. The first kappa shape index (κ1) is 19.8. The van der Waals surface area contributed by atoms with Crippen LogP contribution in [0.25, 0.3) is 0 Å². The highest BCUT2D eigenvalue weighted by Crippen LogP contribution is 2.56. The number of amides is 1. The van der Waals surface area contributed by atoms with E-state index >= 15 is 0 Å². The van der Waals surface area contributed by atoms with Crippen LogP contribution in [-0.2, 0) is 28.8 Å². The smallest absolute Gasteiger partial charge is 0.364 e. The molecule has 1 N–H and O–H groups in total. The number of aliphatic carboxylic acids is 1. The van der Waals surface area contributed by atoms with Gasteiger partial charge in [-0.15, -0.1) is 0 Å². The summed E-state index contributed by atoms with van der Waals surface area (Å²) in [7, 11) is 0.413. The number of allylic oxidation sites excluding steroid dienone is 1. The van der Waals surface area contributed by atoms with E-state index in [1.165, 1.54) is 12.0 Å². The summed E-state index contributed by atoms with van der Waals surface area (Å²) in [5, 5.41) is 12.2. The molecular weight excluding hydrogens is 364 g/mol. The minimum Gasteiger partial charge on any atom is -0.480 e. The second kappa shape index (κ2) is 7.02. The Bertz CT molecular complexity index is 769. The summed E-state index contributed by atoms with van der Waals surface area (Å²) >= 11 is 0. The van der Waals surface area contributed by atoms with Crippen LogP contribution in [0.1, 0.15) is 20.8 Å². The number of carbonyl (C=O) groups is 4. The van der Waals surface area contributed by atoms with Crippen molar-refractivity contribution < 1.29 is 33.9 Å². The average molecular weight is 384 g/mol. The molecule has 2 aliphatic rings. The zero-order valence-corrected chi connectivity index (χ0v) is 15.7. The summed E-state index contributed by atoms with van der Waals surface area (Å²) in [6.07, 6.45) is 0.990. The monoisotopic (exact) mass is 384 g/mol. The lowest BCUT2D eigenvalue weighted by molar-refractivity contribution is -0.152. The van der Waals surface area contributed by atoms with E-state index in [9.17, 15) is 24.3 Å². The summed E-state index contributed by atoms with van der Waals surface area (Å²) < 4.78 is 3.99. The molecule has 2 fully saturated rings. The number of oxime groups is 1. The maximum Gasteiger partial charge on any atom is 0.364 e. The zero-order chi connectivity index (χ0) is 19.8. The molecule has 142 valence electrons. The molecule has 10 heteroatoms. The summed E-state index contributed by atoms with van der Waals surface area (Å²) in [5.74, 6) is 0.514. The van der Waals surface area contributed by atoms with Gasteiger partial charge in [-0.3, -0.25) is 9.59 Å². The van der Waals surface area contributed by atoms with Crippen LogP contribution in [0, 0.1) is 0 Å². The van der Waals surface area contributed by atoms with Crippen LogP contribution in [0.5, 0.6) is 0 Å². The highest BCUT2D eigenvalue weighted by atomic mass is 32.2. The predicted molar refractivity (Wildman–Crippen MR) is 95.0 cm³/mol. The first-order valence-electron chi connectivity index (χ1n) is 7.72. The minimum absolute atomic E-state index is 0.0393. The van der Waals surface area contributed by atoms with Crippen LogP contribution in [0.15, 0.2) is 16.8 Å². The topological polar surface area (TPSA) is 123 Å². The number of ketones is 1. The molecule has 2 aliphatic heterocycles. The van der Waals surface area contributed by atoms with Crippen LogP contribution < -0.4 is 0 Å². The summed E-state index contributed by atoms with van der Waals surface area (Å²) in [5.41, 5.74) is -0.484. The van der Waals surface area contributed by atoms with Gasteiger partial charge in [-0.05, 0) is 26.8 Å². The summed E-state index contributed by atoms with van der Waals surface area (Å²) in [6.45, 7) is 5.06. The summed E-state index contributed by atoms with van der Waals surface area (Å²) in [4.78, 5) is 53.9. The predicted octanol–water partition coefficient (Wildman–Crippen LogP) is 0.162. The lowest BCUT2D eigenvalue weighted by Crippen LogP contribution is -2.58. The molecule has 0 aromatic rings. The normalized spacial score (nSPS) is 28.4. The molecule has 1 amide bonds. The first-order chi connectivity index (χ1) is 12.1. The van der Waals surface area contributed by atoms with Gasteiger partial charge >= 0.3 is 11.9 Å². The SMILES string of the molecule is C=S1[C@@H]2C(=CC(=O)C(=NOC)C(=O)OCC)C(=O)N2[C@@H](C(=O)O)C1(C)C. The van der Waals surface area contributed by atoms with Crippen LogP contribution in [0.4, 0.5) is 0 Å². The molecule has 0 aliphatic carbocycles. The fraction of sp³-hybridized carbons (Fsp3) is 0.500. The van der Waals surface area contributed by atoms with E-state index in [1.54, 1.807) is 20.8 Å². The van der Waals surface area contributed by atoms with E-state index in [-0.39, 0.29) is 12.2 Å². The number of fused-ring (bicyclic) bond motifs is 1. The second-order valence-corrected chi connectivity index (χ2v) is 8.50. The molecule has 0 bridgehead atoms. The second-order valence-electron chi connectivity index (χ2n) is 6.14. The molecule has 0 spiro atoms. The molecule has 3 atom stereocenters. The van der Waals surface area contributed by atoms with E-state index in [1.807, 2.05) is 0 Å². The number of hydrogen-bond donors (Lipinski definition) is 1. The van der Waals surface area contributed by atoms with E-state index in [4.69, 9.17) is 4.74 Å². The third kappa shape index (κ3) is 2.94. The van der Waals surface area contributed by atoms with E-state index in [2.05, 4.69) is 15.9 Å². The lowest BCUT2D eigenvalue weighted by atomic mass is 9.95.